The summed E-state index contributed by atoms with van der Waals surface area (Å²) >= 11 is 0. The molecule has 2 heterocycles. The molecule has 0 saturated carbocycles. The van der Waals surface area contributed by atoms with Gasteiger partial charge in [0.05, 0.1) is 5.69 Å². The second kappa shape index (κ2) is 4.59. The first-order valence-corrected chi connectivity index (χ1v) is 5.65. The number of anilines is 1. The van der Waals surface area contributed by atoms with Crippen LogP contribution in [0.4, 0.5) is 5.95 Å². The lowest BCUT2D eigenvalue weighted by molar-refractivity contribution is 0.730. The minimum atomic E-state index is -0.230. The largest absolute Gasteiger partial charge is 0.350 e. The number of H-pyrrole nitrogens is 1. The van der Waals surface area contributed by atoms with Crippen LogP contribution in [0.15, 0.2) is 4.79 Å². The third kappa shape index (κ3) is 2.24. The Kier molecular flexibility index (Phi) is 3.14. The van der Waals surface area contributed by atoms with Crippen LogP contribution in [-0.2, 0) is 13.6 Å². The molecule has 0 amide bonds. The monoisotopic (exact) mass is 248 g/mol. The maximum Gasteiger partial charge on any atom is 0.273 e. The highest BCUT2D eigenvalue weighted by Crippen LogP contribution is 2.12. The highest BCUT2D eigenvalue weighted by atomic mass is 16.1. The Morgan fingerprint density at radius 2 is 1.94 bits per heavy atom. The SMILES string of the molecule is Cc1nn(C)c(C)c1CNc1nnc(C)c(=O)[nH]1. The summed E-state index contributed by atoms with van der Waals surface area (Å²) in [5.41, 5.74) is 3.27. The third-order valence-corrected chi connectivity index (χ3v) is 2.95. The lowest BCUT2D eigenvalue weighted by Gasteiger charge is -2.05. The van der Waals surface area contributed by atoms with E-state index in [4.69, 9.17) is 0 Å². The molecule has 0 saturated heterocycles. The van der Waals surface area contributed by atoms with Crippen molar-refractivity contribution in [2.24, 2.45) is 7.05 Å². The molecule has 0 unspecified atom stereocenters. The molecule has 7 heteroatoms. The van der Waals surface area contributed by atoms with Crippen molar-refractivity contribution in [3.05, 3.63) is 33.0 Å². The van der Waals surface area contributed by atoms with Crippen LogP contribution in [-0.4, -0.2) is 25.0 Å². The Labute approximate surface area is 104 Å². The molecule has 96 valence electrons. The van der Waals surface area contributed by atoms with Gasteiger partial charge >= 0.3 is 0 Å². The van der Waals surface area contributed by atoms with Gasteiger partial charge in [0.25, 0.3) is 5.56 Å². The number of nitrogens with zero attached hydrogens (tertiary/aromatic N) is 4. The Morgan fingerprint density at radius 3 is 2.50 bits per heavy atom. The van der Waals surface area contributed by atoms with Crippen molar-refractivity contribution < 1.29 is 0 Å². The zero-order chi connectivity index (χ0) is 13.3. The molecule has 0 fully saturated rings. The van der Waals surface area contributed by atoms with E-state index < -0.39 is 0 Å². The van der Waals surface area contributed by atoms with E-state index in [0.29, 0.717) is 18.2 Å². The summed E-state index contributed by atoms with van der Waals surface area (Å²) in [6.45, 7) is 6.12. The smallest absolute Gasteiger partial charge is 0.273 e. The highest BCUT2D eigenvalue weighted by molar-refractivity contribution is 5.30. The highest BCUT2D eigenvalue weighted by Gasteiger charge is 2.09. The number of rotatable bonds is 3. The topological polar surface area (TPSA) is 88.5 Å². The van der Waals surface area contributed by atoms with E-state index in [1.165, 1.54) is 0 Å². The van der Waals surface area contributed by atoms with Gasteiger partial charge < -0.3 is 5.32 Å². The summed E-state index contributed by atoms with van der Waals surface area (Å²) in [5, 5.41) is 15.0. The van der Waals surface area contributed by atoms with Crippen LogP contribution < -0.4 is 10.9 Å². The average Bonchev–Trinajstić information content (AvgIpc) is 2.56. The molecule has 0 aliphatic heterocycles. The van der Waals surface area contributed by atoms with Crippen LogP contribution in [0.3, 0.4) is 0 Å². The van der Waals surface area contributed by atoms with E-state index in [1.807, 2.05) is 25.6 Å². The van der Waals surface area contributed by atoms with Crippen LogP contribution in [0, 0.1) is 20.8 Å². The van der Waals surface area contributed by atoms with Crippen LogP contribution >= 0.6 is 0 Å². The zero-order valence-electron chi connectivity index (χ0n) is 10.9. The van der Waals surface area contributed by atoms with Crippen molar-refractivity contribution in [3.8, 4) is 0 Å². The predicted octanol–water partition coefficient (Wildman–Crippen LogP) is 0.436. The fourth-order valence-electron chi connectivity index (χ4n) is 1.72. The van der Waals surface area contributed by atoms with Crippen LogP contribution in [0.25, 0.3) is 0 Å². The number of aromatic amines is 1. The van der Waals surface area contributed by atoms with Gasteiger partial charge in [0.1, 0.15) is 5.69 Å². The molecule has 2 N–H and O–H groups in total. The fourth-order valence-corrected chi connectivity index (χ4v) is 1.72. The van der Waals surface area contributed by atoms with Crippen LogP contribution in [0.1, 0.15) is 22.6 Å². The maximum absolute atomic E-state index is 11.4. The standard InChI is InChI=1S/C11H16N6O/c1-6-9(8(3)17(4)16-6)5-12-11-13-10(18)7(2)14-15-11/h5H2,1-4H3,(H2,12,13,15,18). The lowest BCUT2D eigenvalue weighted by Crippen LogP contribution is -2.17. The first kappa shape index (κ1) is 12.3. The average molecular weight is 248 g/mol. The molecule has 0 atom stereocenters. The molecule has 18 heavy (non-hydrogen) atoms. The van der Waals surface area contributed by atoms with E-state index >= 15 is 0 Å². The number of aromatic nitrogens is 5. The summed E-state index contributed by atoms with van der Waals surface area (Å²) < 4.78 is 1.83. The van der Waals surface area contributed by atoms with Gasteiger partial charge in [0, 0.05) is 24.8 Å². The van der Waals surface area contributed by atoms with Gasteiger partial charge in [-0.25, -0.2) is 0 Å². The van der Waals surface area contributed by atoms with Gasteiger partial charge in [-0.2, -0.15) is 5.10 Å². The predicted molar refractivity (Wildman–Crippen MR) is 67.4 cm³/mol. The molecule has 0 aliphatic rings. The Morgan fingerprint density at radius 1 is 1.22 bits per heavy atom. The molecule has 2 aromatic heterocycles. The number of nitrogens with one attached hydrogen (secondary N) is 2. The van der Waals surface area contributed by atoms with Crippen molar-refractivity contribution >= 4 is 5.95 Å². The molecule has 2 aromatic rings. The molecule has 0 radical (unpaired) electrons. The zero-order valence-corrected chi connectivity index (χ0v) is 10.9. The Bertz CT molecular complexity index is 627. The van der Waals surface area contributed by atoms with E-state index in [2.05, 4.69) is 25.6 Å². The van der Waals surface area contributed by atoms with Crippen molar-refractivity contribution in [3.63, 3.8) is 0 Å². The minimum Gasteiger partial charge on any atom is -0.350 e. The normalized spacial score (nSPS) is 10.7. The summed E-state index contributed by atoms with van der Waals surface area (Å²) in [6, 6.07) is 0. The quantitative estimate of drug-likeness (QED) is 0.822. The van der Waals surface area contributed by atoms with Gasteiger partial charge in [-0.3, -0.25) is 14.5 Å². The molecule has 0 aliphatic carbocycles. The molecular formula is C11H16N6O. The first-order valence-electron chi connectivity index (χ1n) is 5.65. The van der Waals surface area contributed by atoms with E-state index in [1.54, 1.807) is 6.92 Å². The van der Waals surface area contributed by atoms with Gasteiger partial charge in [-0.05, 0) is 20.8 Å². The van der Waals surface area contributed by atoms with Crippen LogP contribution in [0.2, 0.25) is 0 Å². The molecular weight excluding hydrogens is 232 g/mol. The molecule has 0 bridgehead atoms. The van der Waals surface area contributed by atoms with Gasteiger partial charge in [-0.15, -0.1) is 10.2 Å². The Balaban J connectivity index is 2.16. The van der Waals surface area contributed by atoms with Crippen molar-refractivity contribution in [2.45, 2.75) is 27.3 Å². The molecule has 7 nitrogen and oxygen atoms in total. The van der Waals surface area contributed by atoms with E-state index in [-0.39, 0.29) is 5.56 Å². The fraction of sp³-hybridized carbons (Fsp3) is 0.455. The Hall–Kier alpha value is -2.18. The van der Waals surface area contributed by atoms with Gasteiger partial charge in [0.15, 0.2) is 0 Å². The molecule has 0 aromatic carbocycles. The van der Waals surface area contributed by atoms with Crippen molar-refractivity contribution in [2.75, 3.05) is 5.32 Å². The summed E-state index contributed by atoms with van der Waals surface area (Å²) in [4.78, 5) is 14.0. The number of aryl methyl sites for hydroxylation is 3. The van der Waals surface area contributed by atoms with Crippen molar-refractivity contribution in [1.82, 2.24) is 25.0 Å². The lowest BCUT2D eigenvalue weighted by atomic mass is 10.2. The first-order chi connectivity index (χ1) is 8.49. The van der Waals surface area contributed by atoms with Crippen LogP contribution in [0.5, 0.6) is 0 Å². The van der Waals surface area contributed by atoms with E-state index in [9.17, 15) is 4.79 Å². The number of hydrogen-bond donors (Lipinski definition) is 2. The maximum atomic E-state index is 11.4. The summed E-state index contributed by atoms with van der Waals surface area (Å²) in [7, 11) is 1.90. The minimum absolute atomic E-state index is 0.230. The molecule has 2 rings (SSSR count). The summed E-state index contributed by atoms with van der Waals surface area (Å²) in [5.74, 6) is 0.369. The third-order valence-electron chi connectivity index (χ3n) is 2.95. The van der Waals surface area contributed by atoms with Crippen molar-refractivity contribution in [1.29, 1.82) is 0 Å². The summed E-state index contributed by atoms with van der Waals surface area (Å²) in [6.07, 6.45) is 0. The van der Waals surface area contributed by atoms with E-state index in [0.717, 1.165) is 17.0 Å². The number of hydrogen-bond acceptors (Lipinski definition) is 5. The second-order valence-corrected chi connectivity index (χ2v) is 4.21. The molecule has 0 spiro atoms. The van der Waals surface area contributed by atoms with Gasteiger partial charge in [-0.1, -0.05) is 0 Å². The second-order valence-electron chi connectivity index (χ2n) is 4.21. The van der Waals surface area contributed by atoms with Gasteiger partial charge in [0.2, 0.25) is 5.95 Å².